The fourth-order valence-corrected chi connectivity index (χ4v) is 50.4. The van der Waals surface area contributed by atoms with E-state index in [1.165, 1.54) is 77.2 Å². The molecule has 0 saturated carbocycles. The van der Waals surface area contributed by atoms with Crippen molar-refractivity contribution < 1.29 is 13.3 Å². The molecule has 0 nitrogen and oxygen atoms in total. The summed E-state index contributed by atoms with van der Waals surface area (Å²) in [6.07, 6.45) is 9.23. The van der Waals surface area contributed by atoms with Crippen LogP contribution in [0.2, 0.25) is 11.5 Å². The van der Waals surface area contributed by atoms with Crippen LogP contribution in [0.4, 0.5) is 0 Å². The summed E-state index contributed by atoms with van der Waals surface area (Å²) in [5.74, 6) is 5.00. The van der Waals surface area contributed by atoms with Gasteiger partial charge in [0.05, 0.1) is 0 Å². The Morgan fingerprint density at radius 3 is 1.30 bits per heavy atom. The third kappa shape index (κ3) is 5.32. The predicted octanol–water partition coefficient (Wildman–Crippen LogP) is 14.8. The minimum absolute atomic E-state index is 0.104. The van der Waals surface area contributed by atoms with E-state index in [9.17, 15) is 0 Å². The normalized spacial score (nSPS) is 17.1. The summed E-state index contributed by atoms with van der Waals surface area (Å²) in [6.45, 7) is 4.61. The number of fused-ring (bicyclic) bond motifs is 4. The predicted molar refractivity (Wildman–Crippen MR) is 219 cm³/mol. The molecule has 0 radical (unpaired) electrons. The third-order valence-corrected chi connectivity index (χ3v) is 84.1. The molecule has 2 aliphatic carbocycles. The number of rotatable bonds is 8. The van der Waals surface area contributed by atoms with Gasteiger partial charge in [-0.05, 0) is 0 Å². The van der Waals surface area contributed by atoms with Crippen molar-refractivity contribution in [3.8, 4) is 22.3 Å². The summed E-state index contributed by atoms with van der Waals surface area (Å²) in [6, 6.07) is 44.8. The van der Waals surface area contributed by atoms with Gasteiger partial charge in [0.2, 0.25) is 0 Å². The maximum atomic E-state index is 8.81. The van der Waals surface area contributed by atoms with Crippen LogP contribution in [0.25, 0.3) is 56.0 Å². The molecule has 6 aromatic rings. The van der Waals surface area contributed by atoms with Gasteiger partial charge >= 0.3 is 309 Å². The fourth-order valence-electron chi connectivity index (χ4n) is 9.32. The zero-order chi connectivity index (χ0) is 34.6. The van der Waals surface area contributed by atoms with Crippen LogP contribution in [-0.4, -0.2) is 9.98 Å². The topological polar surface area (TPSA) is 0 Å². The van der Waals surface area contributed by atoms with Crippen molar-refractivity contribution in [3.05, 3.63) is 155 Å². The van der Waals surface area contributed by atoms with Gasteiger partial charge in [0.1, 0.15) is 0 Å². The molecule has 0 amide bonds. The van der Waals surface area contributed by atoms with E-state index in [0.29, 0.717) is 0 Å². The second kappa shape index (κ2) is 13.4. The first-order valence-corrected chi connectivity index (χ1v) is 39.1. The summed E-state index contributed by atoms with van der Waals surface area (Å²) in [5, 5.41) is 5.11. The van der Waals surface area contributed by atoms with Crippen LogP contribution < -0.4 is 0 Å². The summed E-state index contributed by atoms with van der Waals surface area (Å²) in [7, 11) is 15.6. The SMILES string of the molecule is CCCC1=Cc2c(-c3cccc4ccccc34)cccc2[CH]1[Zr]([Cl])([Cl])([CH]1C(CCC)=Cc2c(-c3cccc4ccccc34)cccc21)=[Ge]([CH3])[CH3]. The molecule has 4 heteroatoms. The standard InChI is InChI=1S/2C22H19.C2H6Ge.2ClH.Zr/c2*1-2-7-16-14-18-10-6-13-21(22(18)15-16)20-12-5-9-17-8-3-4-11-19(17)20;1-3-2;;;/h2*3-6,8-15H,2,7H2,1H3;1-2H3;2*1H;/q;;;;;+2/p-2. The number of hydrogen-bond donors (Lipinski definition) is 0. The Morgan fingerprint density at radius 1 is 0.500 bits per heavy atom. The second-order valence-electron chi connectivity index (χ2n) is 14.6. The van der Waals surface area contributed by atoms with Crippen molar-refractivity contribution in [2.75, 3.05) is 0 Å². The Kier molecular flexibility index (Phi) is 9.21. The Bertz CT molecular complexity index is 2290. The number of hydrogen-bond acceptors (Lipinski definition) is 0. The van der Waals surface area contributed by atoms with Crippen molar-refractivity contribution in [2.45, 2.75) is 58.3 Å². The molecule has 0 N–H and O–H groups in total. The van der Waals surface area contributed by atoms with Gasteiger partial charge in [0.15, 0.2) is 0 Å². The van der Waals surface area contributed by atoms with Gasteiger partial charge in [-0.1, -0.05) is 0 Å². The van der Waals surface area contributed by atoms with Gasteiger partial charge in [0, 0.05) is 0 Å². The summed E-state index contributed by atoms with van der Waals surface area (Å²) < 4.78 is 0.208. The zero-order valence-corrected chi connectivity index (χ0v) is 35.5. The summed E-state index contributed by atoms with van der Waals surface area (Å²) in [5.41, 5.74) is 13.5. The van der Waals surface area contributed by atoms with E-state index in [4.69, 9.17) is 17.0 Å². The van der Waals surface area contributed by atoms with Gasteiger partial charge in [-0.25, -0.2) is 0 Å². The van der Waals surface area contributed by atoms with Crippen LogP contribution in [0, 0.1) is 0 Å². The maximum absolute atomic E-state index is 8.81. The van der Waals surface area contributed by atoms with Gasteiger partial charge in [-0.2, -0.15) is 0 Å². The molecular weight excluding hydrogens is 787 g/mol. The molecule has 8 rings (SSSR count). The third-order valence-electron chi connectivity index (χ3n) is 11.6. The molecule has 50 heavy (non-hydrogen) atoms. The van der Waals surface area contributed by atoms with E-state index in [-0.39, 0.29) is 7.25 Å². The van der Waals surface area contributed by atoms with Crippen LogP contribution >= 0.6 is 17.0 Å². The molecule has 0 fully saturated rings. The zero-order valence-electron chi connectivity index (χ0n) is 29.4. The summed E-state index contributed by atoms with van der Waals surface area (Å²) in [4.78, 5) is 0. The van der Waals surface area contributed by atoms with E-state index in [1.54, 1.807) is 0 Å². The molecule has 2 aliphatic rings. The molecule has 250 valence electrons. The van der Waals surface area contributed by atoms with Crippen molar-refractivity contribution in [1.29, 1.82) is 0 Å². The number of benzene rings is 6. The van der Waals surface area contributed by atoms with Gasteiger partial charge < -0.3 is 0 Å². The molecule has 2 unspecified atom stereocenters. The van der Waals surface area contributed by atoms with Crippen molar-refractivity contribution in [3.63, 3.8) is 0 Å². The monoisotopic (exact) mass is 830 g/mol. The van der Waals surface area contributed by atoms with Crippen molar-refractivity contribution in [1.82, 2.24) is 0 Å². The Morgan fingerprint density at radius 2 is 0.880 bits per heavy atom. The average Bonchev–Trinajstić information content (AvgIpc) is 3.71. The second-order valence-corrected chi connectivity index (χ2v) is 72.1. The molecule has 0 aliphatic heterocycles. The van der Waals surface area contributed by atoms with E-state index < -0.39 is 23.3 Å². The molecule has 0 spiro atoms. The van der Waals surface area contributed by atoms with Crippen LogP contribution in [-0.2, 0) is 13.3 Å². The average molecular weight is 832 g/mol. The molecular formula is C46H44Cl2GeZr. The first kappa shape index (κ1) is 34.4. The van der Waals surface area contributed by atoms with Crippen molar-refractivity contribution >= 4 is 60.7 Å². The molecule has 0 aromatic heterocycles. The number of halogens is 2. The quantitative estimate of drug-likeness (QED) is 0.134. The molecule has 2 atom stereocenters. The van der Waals surface area contributed by atoms with E-state index in [0.717, 1.165) is 25.7 Å². The van der Waals surface area contributed by atoms with Gasteiger partial charge in [0.25, 0.3) is 0 Å². The van der Waals surface area contributed by atoms with Crippen LogP contribution in [0.1, 0.15) is 69.0 Å². The van der Waals surface area contributed by atoms with E-state index >= 15 is 0 Å². The minimum atomic E-state index is -4.87. The molecule has 0 saturated heterocycles. The Hall–Kier alpha value is -2.67. The molecule has 0 bridgehead atoms. The summed E-state index contributed by atoms with van der Waals surface area (Å²) >= 11 is -4.87. The van der Waals surface area contributed by atoms with Gasteiger partial charge in [-0.15, -0.1) is 0 Å². The number of allylic oxidation sites excluding steroid dienone is 2. The molecule has 0 heterocycles. The van der Waals surface area contributed by atoms with Crippen LogP contribution in [0.3, 0.4) is 0 Å². The van der Waals surface area contributed by atoms with Crippen LogP contribution in [0.5, 0.6) is 0 Å². The van der Waals surface area contributed by atoms with Crippen LogP contribution in [0.15, 0.2) is 132 Å². The first-order valence-electron chi connectivity index (χ1n) is 18.3. The van der Waals surface area contributed by atoms with E-state index in [1.807, 2.05) is 0 Å². The van der Waals surface area contributed by atoms with Crippen molar-refractivity contribution in [2.24, 2.45) is 0 Å². The van der Waals surface area contributed by atoms with Gasteiger partial charge in [-0.3, -0.25) is 0 Å². The fraction of sp³-hybridized carbons (Fsp3) is 0.217. The Balaban J connectivity index is 1.37. The molecule has 6 aromatic carbocycles. The van der Waals surface area contributed by atoms with E-state index in [2.05, 4.69) is 159 Å². The Labute approximate surface area is 306 Å². The first-order chi connectivity index (χ1) is 24.3.